The van der Waals surface area contributed by atoms with Crippen molar-refractivity contribution in [2.75, 3.05) is 26.6 Å². The van der Waals surface area contributed by atoms with Crippen LogP contribution in [0.25, 0.3) is 5.69 Å². The van der Waals surface area contributed by atoms with Gasteiger partial charge in [-0.3, -0.25) is 9.59 Å². The average molecular weight is 447 g/mol. The maximum absolute atomic E-state index is 13.1. The Morgan fingerprint density at radius 2 is 1.82 bits per heavy atom. The summed E-state index contributed by atoms with van der Waals surface area (Å²) in [6, 6.07) is 16.8. The van der Waals surface area contributed by atoms with E-state index in [9.17, 15) is 9.59 Å². The van der Waals surface area contributed by atoms with Gasteiger partial charge in [0.15, 0.2) is 17.2 Å². The molecular formula is C25H25N3O5. The quantitative estimate of drug-likeness (QED) is 0.647. The van der Waals surface area contributed by atoms with Crippen LogP contribution >= 0.6 is 0 Å². The van der Waals surface area contributed by atoms with Crippen LogP contribution in [0.5, 0.6) is 11.5 Å². The summed E-state index contributed by atoms with van der Waals surface area (Å²) in [4.78, 5) is 25.7. The molecule has 0 saturated carbocycles. The van der Waals surface area contributed by atoms with Gasteiger partial charge in [-0.2, -0.15) is 5.10 Å². The Morgan fingerprint density at radius 1 is 1.06 bits per heavy atom. The monoisotopic (exact) mass is 447 g/mol. The summed E-state index contributed by atoms with van der Waals surface area (Å²) in [5.74, 6) is 0.933. The number of para-hydroxylation sites is 1. The lowest BCUT2D eigenvalue weighted by Gasteiger charge is -2.38. The molecule has 2 aliphatic rings. The van der Waals surface area contributed by atoms with Gasteiger partial charge < -0.3 is 19.5 Å². The Kier molecular flexibility index (Phi) is 5.60. The van der Waals surface area contributed by atoms with Gasteiger partial charge in [-0.15, -0.1) is 0 Å². The zero-order chi connectivity index (χ0) is 22.8. The average Bonchev–Trinajstić information content (AvgIpc) is 3.32. The molecule has 8 heteroatoms. The number of carbonyl (C=O) groups excluding carboxylic acids is 1. The van der Waals surface area contributed by atoms with E-state index in [0.29, 0.717) is 31.2 Å². The number of ether oxygens (including phenoxy) is 3. The van der Waals surface area contributed by atoms with Crippen molar-refractivity contribution in [2.24, 2.45) is 0 Å². The smallest absolute Gasteiger partial charge is 0.275 e. The first kappa shape index (κ1) is 21.2. The Hall–Kier alpha value is -3.65. The number of benzene rings is 2. The van der Waals surface area contributed by atoms with Crippen LogP contribution in [-0.4, -0.2) is 42.2 Å². The van der Waals surface area contributed by atoms with E-state index in [4.69, 9.17) is 14.2 Å². The van der Waals surface area contributed by atoms with Gasteiger partial charge in [0.05, 0.1) is 5.69 Å². The molecule has 2 aliphatic heterocycles. The van der Waals surface area contributed by atoms with Gasteiger partial charge in [-0.25, -0.2) is 4.68 Å². The first-order chi connectivity index (χ1) is 16.1. The van der Waals surface area contributed by atoms with Crippen LogP contribution < -0.4 is 20.2 Å². The van der Waals surface area contributed by atoms with Crippen LogP contribution in [0, 0.1) is 6.92 Å². The minimum absolute atomic E-state index is 0.127. The Labute approximate surface area is 191 Å². The molecule has 170 valence electrons. The number of carbonyl (C=O) groups is 1. The largest absolute Gasteiger partial charge is 0.454 e. The zero-order valence-corrected chi connectivity index (χ0v) is 18.4. The molecule has 1 fully saturated rings. The van der Waals surface area contributed by atoms with E-state index in [-0.39, 0.29) is 17.9 Å². The highest BCUT2D eigenvalue weighted by atomic mass is 16.7. The van der Waals surface area contributed by atoms with E-state index in [0.717, 1.165) is 29.8 Å². The second-order valence-electron chi connectivity index (χ2n) is 8.39. The molecule has 1 amide bonds. The summed E-state index contributed by atoms with van der Waals surface area (Å²) in [5, 5.41) is 7.35. The number of fused-ring (bicyclic) bond motifs is 1. The minimum atomic E-state index is -0.490. The van der Waals surface area contributed by atoms with Gasteiger partial charge in [-0.1, -0.05) is 24.3 Å². The Bertz CT molecular complexity index is 1230. The SMILES string of the molecule is Cc1cc(=O)c(C(=O)NCC2(c3ccc4c(c3)OCO4)CCOCC2)nn1-c1ccccc1. The van der Waals surface area contributed by atoms with Crippen LogP contribution in [0.2, 0.25) is 0 Å². The van der Waals surface area contributed by atoms with E-state index >= 15 is 0 Å². The molecule has 3 heterocycles. The summed E-state index contributed by atoms with van der Waals surface area (Å²) in [6.07, 6.45) is 1.48. The predicted molar refractivity (Wildman–Crippen MR) is 121 cm³/mol. The second-order valence-corrected chi connectivity index (χ2v) is 8.39. The number of nitrogens with zero attached hydrogens (tertiary/aromatic N) is 2. The number of aryl methyl sites for hydroxylation is 1. The predicted octanol–water partition coefficient (Wildman–Crippen LogP) is 2.75. The van der Waals surface area contributed by atoms with Crippen molar-refractivity contribution in [3.05, 3.63) is 81.8 Å². The standard InChI is InChI=1S/C25H25N3O5/c1-17-13-20(29)23(27-28(17)19-5-3-2-4-6-19)24(30)26-15-25(9-11-31-12-10-25)18-7-8-21-22(14-18)33-16-32-21/h2-8,13-14H,9-12,15-16H2,1H3,(H,26,30). The Balaban J connectivity index is 1.42. The summed E-state index contributed by atoms with van der Waals surface area (Å²) in [5.41, 5.74) is 1.62. The molecular weight excluding hydrogens is 422 g/mol. The second kappa shape index (κ2) is 8.71. The first-order valence-electron chi connectivity index (χ1n) is 11.0. The van der Waals surface area contributed by atoms with Crippen LogP contribution in [0.1, 0.15) is 34.6 Å². The van der Waals surface area contributed by atoms with E-state index in [1.54, 1.807) is 11.6 Å². The summed E-state index contributed by atoms with van der Waals surface area (Å²) in [6.45, 7) is 3.54. The normalized spacial score (nSPS) is 16.4. The van der Waals surface area contributed by atoms with Gasteiger partial charge in [0.2, 0.25) is 12.2 Å². The highest BCUT2D eigenvalue weighted by Gasteiger charge is 2.36. The molecule has 0 bridgehead atoms. The summed E-state index contributed by atoms with van der Waals surface area (Å²) in [7, 11) is 0. The van der Waals surface area contributed by atoms with Crippen molar-refractivity contribution < 1.29 is 19.0 Å². The molecule has 0 spiro atoms. The van der Waals surface area contributed by atoms with Crippen molar-refractivity contribution in [1.29, 1.82) is 0 Å². The number of aromatic nitrogens is 2. The highest BCUT2D eigenvalue weighted by molar-refractivity contribution is 5.92. The van der Waals surface area contributed by atoms with Crippen molar-refractivity contribution in [1.82, 2.24) is 15.1 Å². The molecule has 8 nitrogen and oxygen atoms in total. The topological polar surface area (TPSA) is 91.7 Å². The first-order valence-corrected chi connectivity index (χ1v) is 11.0. The molecule has 2 aromatic carbocycles. The van der Waals surface area contributed by atoms with Crippen molar-refractivity contribution in [3.63, 3.8) is 0 Å². The molecule has 0 atom stereocenters. The van der Waals surface area contributed by atoms with Crippen molar-refractivity contribution in [2.45, 2.75) is 25.2 Å². The third kappa shape index (κ3) is 4.09. The fourth-order valence-corrected chi connectivity index (χ4v) is 4.42. The van der Waals surface area contributed by atoms with Gasteiger partial charge in [0.1, 0.15) is 0 Å². The maximum atomic E-state index is 13.1. The third-order valence-electron chi connectivity index (χ3n) is 6.35. The van der Waals surface area contributed by atoms with E-state index in [2.05, 4.69) is 10.4 Å². The van der Waals surface area contributed by atoms with Crippen LogP contribution in [0.3, 0.4) is 0 Å². The van der Waals surface area contributed by atoms with Gasteiger partial charge in [0.25, 0.3) is 5.91 Å². The van der Waals surface area contributed by atoms with Crippen LogP contribution in [-0.2, 0) is 10.2 Å². The number of nitrogens with one attached hydrogen (secondary N) is 1. The molecule has 1 saturated heterocycles. The molecule has 1 N–H and O–H groups in total. The lowest BCUT2D eigenvalue weighted by molar-refractivity contribution is 0.0486. The third-order valence-corrected chi connectivity index (χ3v) is 6.35. The molecule has 0 radical (unpaired) electrons. The molecule has 0 aliphatic carbocycles. The molecule has 1 aromatic heterocycles. The summed E-state index contributed by atoms with van der Waals surface area (Å²) < 4.78 is 18.2. The number of amides is 1. The molecule has 0 unspecified atom stereocenters. The van der Waals surface area contributed by atoms with Crippen LogP contribution in [0.4, 0.5) is 0 Å². The van der Waals surface area contributed by atoms with E-state index in [1.807, 2.05) is 48.5 Å². The fourth-order valence-electron chi connectivity index (χ4n) is 4.42. The Morgan fingerprint density at radius 3 is 2.61 bits per heavy atom. The van der Waals surface area contributed by atoms with E-state index in [1.165, 1.54) is 6.07 Å². The maximum Gasteiger partial charge on any atom is 0.275 e. The number of hydrogen-bond donors (Lipinski definition) is 1. The highest BCUT2D eigenvalue weighted by Crippen LogP contribution is 2.40. The van der Waals surface area contributed by atoms with Gasteiger partial charge in [0, 0.05) is 36.9 Å². The number of rotatable bonds is 5. The van der Waals surface area contributed by atoms with Crippen molar-refractivity contribution >= 4 is 5.91 Å². The van der Waals surface area contributed by atoms with Crippen molar-refractivity contribution in [3.8, 4) is 17.2 Å². The molecule has 5 rings (SSSR count). The molecule has 33 heavy (non-hydrogen) atoms. The van der Waals surface area contributed by atoms with Gasteiger partial charge in [-0.05, 0) is 49.6 Å². The van der Waals surface area contributed by atoms with Crippen LogP contribution in [0.15, 0.2) is 59.4 Å². The fraction of sp³-hybridized carbons (Fsp3) is 0.320. The lowest BCUT2D eigenvalue weighted by Crippen LogP contribution is -2.45. The minimum Gasteiger partial charge on any atom is -0.454 e. The number of hydrogen-bond acceptors (Lipinski definition) is 6. The van der Waals surface area contributed by atoms with Gasteiger partial charge >= 0.3 is 0 Å². The zero-order valence-electron chi connectivity index (χ0n) is 18.4. The van der Waals surface area contributed by atoms with E-state index < -0.39 is 11.3 Å². The molecule has 3 aromatic rings. The lowest BCUT2D eigenvalue weighted by atomic mass is 9.74. The summed E-state index contributed by atoms with van der Waals surface area (Å²) >= 11 is 0.